The van der Waals surface area contributed by atoms with Gasteiger partial charge in [0.25, 0.3) is 0 Å². The zero-order valence-electron chi connectivity index (χ0n) is 18.8. The Morgan fingerprint density at radius 1 is 1.00 bits per heavy atom. The van der Waals surface area contributed by atoms with Crippen molar-refractivity contribution < 1.29 is 35.5 Å². The van der Waals surface area contributed by atoms with Gasteiger partial charge in [-0.25, -0.2) is 12.8 Å². The molecule has 0 amide bonds. The van der Waals surface area contributed by atoms with E-state index in [1.807, 2.05) is 0 Å². The number of alkyl halides is 3. The fourth-order valence-corrected chi connectivity index (χ4v) is 6.73. The first-order valence-electron chi connectivity index (χ1n) is 11.4. The van der Waals surface area contributed by atoms with Gasteiger partial charge in [-0.05, 0) is 73.8 Å². The average molecular weight is 515 g/mol. The van der Waals surface area contributed by atoms with Crippen LogP contribution in [-0.2, 0) is 14.8 Å². The molecule has 1 N–H and O–H groups in total. The average Bonchev–Trinajstić information content (AvgIpc) is 2.80. The number of hydrogen-bond donors (Lipinski definition) is 1. The summed E-state index contributed by atoms with van der Waals surface area (Å²) in [5.74, 6) is -1.28. The maximum absolute atomic E-state index is 13.7. The predicted molar refractivity (Wildman–Crippen MR) is 120 cm³/mol. The fourth-order valence-electron chi connectivity index (χ4n) is 5.09. The third kappa shape index (κ3) is 6.02. The van der Waals surface area contributed by atoms with E-state index in [0.717, 1.165) is 55.8 Å². The van der Waals surface area contributed by atoms with E-state index in [1.54, 1.807) is 12.1 Å². The molecule has 6 nitrogen and oxygen atoms in total. The Balaban J connectivity index is 1.70. The standard InChI is InChI=1S/C24H26F4N2O4S/c25-18-3-1-16(2-4-18)23(17-9-12-29-13-10-17)22-15-19(31)11-14-30(22)35(32,33)21-7-5-20(6-8-21)34-24(26,27)28/h1-8,17,22-23,29H,9-15H2. The maximum atomic E-state index is 13.7. The number of benzene rings is 2. The lowest BCUT2D eigenvalue weighted by atomic mass is 9.74. The Morgan fingerprint density at radius 2 is 1.63 bits per heavy atom. The largest absolute Gasteiger partial charge is 0.573 e. The summed E-state index contributed by atoms with van der Waals surface area (Å²) in [6.45, 7) is 1.46. The molecule has 0 saturated carbocycles. The van der Waals surface area contributed by atoms with Crippen LogP contribution in [-0.4, -0.2) is 50.5 Å². The van der Waals surface area contributed by atoms with E-state index in [1.165, 1.54) is 16.4 Å². The number of halogens is 4. The summed E-state index contributed by atoms with van der Waals surface area (Å²) >= 11 is 0. The number of rotatable bonds is 6. The molecule has 2 aromatic carbocycles. The number of ether oxygens (including phenoxy) is 1. The van der Waals surface area contributed by atoms with Crippen LogP contribution in [0.4, 0.5) is 17.6 Å². The Kier molecular flexibility index (Phi) is 7.48. The molecule has 11 heteroatoms. The monoisotopic (exact) mass is 514 g/mol. The van der Waals surface area contributed by atoms with Crippen LogP contribution in [0, 0.1) is 11.7 Å². The lowest BCUT2D eigenvalue weighted by molar-refractivity contribution is -0.274. The minimum atomic E-state index is -4.89. The molecular weight excluding hydrogens is 488 g/mol. The molecule has 2 fully saturated rings. The summed E-state index contributed by atoms with van der Waals surface area (Å²) in [5.41, 5.74) is 0.757. The Hall–Kier alpha value is -2.50. The highest BCUT2D eigenvalue weighted by Crippen LogP contribution is 2.41. The van der Waals surface area contributed by atoms with Crippen molar-refractivity contribution in [3.8, 4) is 5.75 Å². The smallest absolute Gasteiger partial charge is 0.406 e. The fraction of sp³-hybridized carbons (Fsp3) is 0.458. The first-order valence-corrected chi connectivity index (χ1v) is 12.8. The molecule has 0 aromatic heterocycles. The number of Topliss-reactive ketones (excluding diaryl/α,β-unsaturated/α-hetero) is 1. The molecule has 0 radical (unpaired) electrons. The zero-order valence-corrected chi connectivity index (χ0v) is 19.6. The van der Waals surface area contributed by atoms with Gasteiger partial charge in [0.1, 0.15) is 17.3 Å². The molecule has 2 atom stereocenters. The van der Waals surface area contributed by atoms with Crippen LogP contribution < -0.4 is 10.1 Å². The van der Waals surface area contributed by atoms with Crippen LogP contribution in [0.2, 0.25) is 0 Å². The van der Waals surface area contributed by atoms with E-state index >= 15 is 0 Å². The van der Waals surface area contributed by atoms with E-state index in [2.05, 4.69) is 10.1 Å². The van der Waals surface area contributed by atoms with Crippen molar-refractivity contribution in [1.82, 2.24) is 9.62 Å². The molecule has 2 aromatic rings. The first-order chi connectivity index (χ1) is 16.5. The van der Waals surface area contributed by atoms with Crippen LogP contribution in [0.5, 0.6) is 5.75 Å². The molecule has 4 rings (SSSR count). The second-order valence-electron chi connectivity index (χ2n) is 8.86. The molecule has 0 aliphatic carbocycles. The second-order valence-corrected chi connectivity index (χ2v) is 10.8. The molecule has 2 saturated heterocycles. The zero-order chi connectivity index (χ0) is 25.2. The highest BCUT2D eigenvalue weighted by atomic mass is 32.2. The number of nitrogens with zero attached hydrogens (tertiary/aromatic N) is 1. The van der Waals surface area contributed by atoms with Crippen molar-refractivity contribution in [3.63, 3.8) is 0 Å². The number of sulfonamides is 1. The van der Waals surface area contributed by atoms with E-state index in [0.29, 0.717) is 0 Å². The van der Waals surface area contributed by atoms with Crippen molar-refractivity contribution >= 4 is 15.8 Å². The topological polar surface area (TPSA) is 75.7 Å². The van der Waals surface area contributed by atoms with E-state index in [-0.39, 0.29) is 41.9 Å². The van der Waals surface area contributed by atoms with Gasteiger partial charge in [-0.2, -0.15) is 4.31 Å². The summed E-state index contributed by atoms with van der Waals surface area (Å²) in [4.78, 5) is 12.3. The van der Waals surface area contributed by atoms with Gasteiger partial charge >= 0.3 is 6.36 Å². The highest BCUT2D eigenvalue weighted by Gasteiger charge is 2.44. The molecule has 2 aliphatic rings. The minimum absolute atomic E-state index is 0.0144. The first kappa shape index (κ1) is 25.6. The number of nitrogens with one attached hydrogen (secondary N) is 1. The molecule has 0 bridgehead atoms. The number of ketones is 1. The molecule has 2 aliphatic heterocycles. The van der Waals surface area contributed by atoms with Crippen LogP contribution in [0.1, 0.15) is 37.2 Å². The summed E-state index contributed by atoms with van der Waals surface area (Å²) in [5, 5.41) is 3.28. The van der Waals surface area contributed by atoms with Crippen molar-refractivity contribution in [1.29, 1.82) is 0 Å². The third-order valence-electron chi connectivity index (χ3n) is 6.64. The van der Waals surface area contributed by atoms with E-state index in [4.69, 9.17) is 0 Å². The van der Waals surface area contributed by atoms with Crippen molar-refractivity contribution in [2.75, 3.05) is 19.6 Å². The summed E-state index contributed by atoms with van der Waals surface area (Å²) < 4.78 is 83.6. The van der Waals surface area contributed by atoms with Crippen molar-refractivity contribution in [3.05, 3.63) is 59.9 Å². The number of carbonyl (C=O) groups is 1. The number of hydrogen-bond acceptors (Lipinski definition) is 5. The van der Waals surface area contributed by atoms with Gasteiger partial charge in [0.05, 0.1) is 4.90 Å². The molecule has 35 heavy (non-hydrogen) atoms. The quantitative estimate of drug-likeness (QED) is 0.584. The van der Waals surface area contributed by atoms with E-state index in [9.17, 15) is 30.8 Å². The van der Waals surface area contributed by atoms with Gasteiger partial charge in [-0.1, -0.05) is 12.1 Å². The Bertz CT molecular complexity index is 1130. The lowest BCUT2D eigenvalue weighted by Crippen LogP contribution is -2.51. The number of piperidine rings is 2. The van der Waals surface area contributed by atoms with Gasteiger partial charge in [-0.15, -0.1) is 13.2 Å². The van der Waals surface area contributed by atoms with Gasteiger partial charge in [0.15, 0.2) is 0 Å². The van der Waals surface area contributed by atoms with Crippen LogP contribution in [0.25, 0.3) is 0 Å². The minimum Gasteiger partial charge on any atom is -0.406 e. The summed E-state index contributed by atoms with van der Waals surface area (Å²) in [6.07, 6.45) is -3.29. The highest BCUT2D eigenvalue weighted by molar-refractivity contribution is 7.89. The molecule has 0 spiro atoms. The predicted octanol–water partition coefficient (Wildman–Crippen LogP) is 4.23. The third-order valence-corrected chi connectivity index (χ3v) is 8.58. The van der Waals surface area contributed by atoms with Crippen molar-refractivity contribution in [2.45, 2.75) is 48.9 Å². The van der Waals surface area contributed by atoms with Gasteiger partial charge in [0, 0.05) is 31.3 Å². The van der Waals surface area contributed by atoms with E-state index < -0.39 is 34.0 Å². The summed E-state index contributed by atoms with van der Waals surface area (Å²) in [6, 6.07) is 9.27. The van der Waals surface area contributed by atoms with Crippen molar-refractivity contribution in [2.24, 2.45) is 5.92 Å². The molecule has 2 unspecified atom stereocenters. The van der Waals surface area contributed by atoms with Crippen LogP contribution >= 0.6 is 0 Å². The maximum Gasteiger partial charge on any atom is 0.573 e. The van der Waals surface area contributed by atoms with Gasteiger partial charge in [-0.3, -0.25) is 4.79 Å². The van der Waals surface area contributed by atoms with Crippen LogP contribution in [0.15, 0.2) is 53.4 Å². The lowest BCUT2D eigenvalue weighted by Gasteiger charge is -2.43. The summed E-state index contributed by atoms with van der Waals surface area (Å²) in [7, 11) is -4.14. The Morgan fingerprint density at radius 3 is 2.23 bits per heavy atom. The SMILES string of the molecule is O=C1CCN(S(=O)(=O)c2ccc(OC(F)(F)F)cc2)C(C(c2ccc(F)cc2)C2CCNCC2)C1. The molecule has 190 valence electrons. The number of carbonyl (C=O) groups excluding carboxylic acids is 1. The van der Waals surface area contributed by atoms with Crippen LogP contribution in [0.3, 0.4) is 0 Å². The van der Waals surface area contributed by atoms with Gasteiger partial charge in [0.2, 0.25) is 10.0 Å². The molecular formula is C24H26F4N2O4S. The molecule has 2 heterocycles. The van der Waals surface area contributed by atoms with Gasteiger partial charge < -0.3 is 10.1 Å². The Labute approximate surface area is 201 Å². The normalized spacial score (nSPS) is 21.6. The second kappa shape index (κ2) is 10.2.